The number of carbonyl (C=O) groups excluding carboxylic acids is 1. The van der Waals surface area contributed by atoms with Crippen molar-refractivity contribution >= 4 is 21.8 Å². The molecular formula is C12H11BrF3NO2. The molecule has 1 aromatic carbocycles. The summed E-state index contributed by atoms with van der Waals surface area (Å²) in [6.07, 6.45) is -3.82. The van der Waals surface area contributed by atoms with Crippen molar-refractivity contribution in [2.45, 2.75) is 18.6 Å². The van der Waals surface area contributed by atoms with Gasteiger partial charge in [-0.25, -0.2) is 0 Å². The number of nitrogens with one attached hydrogen (secondary N) is 1. The number of hydrogen-bond acceptors (Lipinski definition) is 2. The van der Waals surface area contributed by atoms with Crippen molar-refractivity contribution in [3.63, 3.8) is 0 Å². The summed E-state index contributed by atoms with van der Waals surface area (Å²) < 4.78 is 43.2. The molecule has 2 rings (SSSR count). The minimum atomic E-state index is -4.49. The van der Waals surface area contributed by atoms with Gasteiger partial charge in [0.15, 0.2) is 0 Å². The molecule has 7 heteroatoms. The molecule has 19 heavy (non-hydrogen) atoms. The first-order valence-electron chi connectivity index (χ1n) is 5.63. The van der Waals surface area contributed by atoms with Crippen LogP contribution < -0.4 is 5.32 Å². The van der Waals surface area contributed by atoms with E-state index in [9.17, 15) is 18.0 Å². The minimum absolute atomic E-state index is 0.0116. The molecular weight excluding hydrogens is 327 g/mol. The average molecular weight is 338 g/mol. The van der Waals surface area contributed by atoms with Gasteiger partial charge in [0.05, 0.1) is 18.2 Å². The molecule has 0 radical (unpaired) electrons. The maximum atomic E-state index is 12.7. The lowest BCUT2D eigenvalue weighted by atomic mass is 10.1. The van der Waals surface area contributed by atoms with Gasteiger partial charge in [-0.15, -0.1) is 0 Å². The molecule has 1 aliphatic heterocycles. The number of amides is 1. The molecule has 1 aromatic rings. The molecule has 1 N–H and O–H groups in total. The molecule has 104 valence electrons. The second-order valence-corrected chi connectivity index (χ2v) is 5.08. The number of alkyl halides is 3. The predicted octanol–water partition coefficient (Wildman–Crippen LogP) is 2.99. The van der Waals surface area contributed by atoms with Gasteiger partial charge in [-0.1, -0.05) is 15.9 Å². The van der Waals surface area contributed by atoms with Crippen LogP contribution in [0.5, 0.6) is 0 Å². The van der Waals surface area contributed by atoms with Gasteiger partial charge in [-0.2, -0.15) is 13.2 Å². The zero-order valence-corrected chi connectivity index (χ0v) is 11.3. The molecule has 0 aliphatic carbocycles. The fraction of sp³-hybridized carbons (Fsp3) is 0.417. The van der Waals surface area contributed by atoms with E-state index in [2.05, 4.69) is 21.2 Å². The molecule has 1 heterocycles. The predicted molar refractivity (Wildman–Crippen MR) is 65.8 cm³/mol. The maximum absolute atomic E-state index is 12.7. The standard InChI is InChI=1S/C12H11BrF3NO2/c13-10-2-1-7(5-9(10)12(14,15)16)11(18)17-8-3-4-19-6-8/h1-2,5,8H,3-4,6H2,(H,17,18). The van der Waals surface area contributed by atoms with Gasteiger partial charge in [0.2, 0.25) is 0 Å². The van der Waals surface area contributed by atoms with E-state index in [0.717, 1.165) is 6.07 Å². The van der Waals surface area contributed by atoms with Crippen LogP contribution in [0, 0.1) is 0 Å². The van der Waals surface area contributed by atoms with Gasteiger partial charge in [0.1, 0.15) is 0 Å². The van der Waals surface area contributed by atoms with Crippen LogP contribution in [0.3, 0.4) is 0 Å². The summed E-state index contributed by atoms with van der Waals surface area (Å²) in [5.41, 5.74) is -0.870. The van der Waals surface area contributed by atoms with E-state index < -0.39 is 17.6 Å². The van der Waals surface area contributed by atoms with E-state index in [-0.39, 0.29) is 16.1 Å². The Hall–Kier alpha value is -1.08. The zero-order valence-electron chi connectivity index (χ0n) is 9.76. The molecule has 1 atom stereocenters. The smallest absolute Gasteiger partial charge is 0.379 e. The molecule has 3 nitrogen and oxygen atoms in total. The monoisotopic (exact) mass is 337 g/mol. The lowest BCUT2D eigenvalue weighted by molar-refractivity contribution is -0.138. The third-order valence-corrected chi connectivity index (χ3v) is 3.49. The second-order valence-electron chi connectivity index (χ2n) is 4.23. The lowest BCUT2D eigenvalue weighted by Gasteiger charge is -2.13. The molecule has 1 saturated heterocycles. The highest BCUT2D eigenvalue weighted by molar-refractivity contribution is 9.10. The summed E-state index contributed by atoms with van der Waals surface area (Å²) in [5.74, 6) is -0.520. The van der Waals surface area contributed by atoms with Gasteiger partial charge in [0.25, 0.3) is 5.91 Å². The van der Waals surface area contributed by atoms with Crippen LogP contribution in [0.15, 0.2) is 22.7 Å². The topological polar surface area (TPSA) is 38.3 Å². The number of carbonyl (C=O) groups is 1. The van der Waals surface area contributed by atoms with Crippen LogP contribution in [0.2, 0.25) is 0 Å². The fourth-order valence-corrected chi connectivity index (χ4v) is 2.27. The van der Waals surface area contributed by atoms with Crippen molar-refractivity contribution in [2.24, 2.45) is 0 Å². The Balaban J connectivity index is 2.18. The summed E-state index contributed by atoms with van der Waals surface area (Å²) in [4.78, 5) is 11.8. The molecule has 1 aliphatic rings. The van der Waals surface area contributed by atoms with Crippen LogP contribution in [0.1, 0.15) is 22.3 Å². The summed E-state index contributed by atoms with van der Waals surface area (Å²) in [7, 11) is 0. The maximum Gasteiger partial charge on any atom is 0.417 e. The van der Waals surface area contributed by atoms with Gasteiger partial charge in [-0.3, -0.25) is 4.79 Å². The molecule has 0 aromatic heterocycles. The minimum Gasteiger partial charge on any atom is -0.379 e. The SMILES string of the molecule is O=C(NC1CCOC1)c1ccc(Br)c(C(F)(F)F)c1. The van der Waals surface area contributed by atoms with Crippen molar-refractivity contribution in [2.75, 3.05) is 13.2 Å². The Morgan fingerprint density at radius 2 is 2.16 bits per heavy atom. The highest BCUT2D eigenvalue weighted by atomic mass is 79.9. The largest absolute Gasteiger partial charge is 0.417 e. The van der Waals surface area contributed by atoms with Crippen LogP contribution in [-0.4, -0.2) is 25.2 Å². The van der Waals surface area contributed by atoms with E-state index in [4.69, 9.17) is 4.74 Å². The molecule has 1 unspecified atom stereocenters. The first-order valence-corrected chi connectivity index (χ1v) is 6.42. The van der Waals surface area contributed by atoms with E-state index in [0.29, 0.717) is 19.6 Å². The quantitative estimate of drug-likeness (QED) is 0.900. The van der Waals surface area contributed by atoms with Gasteiger partial charge in [-0.05, 0) is 24.6 Å². The number of halogens is 4. The van der Waals surface area contributed by atoms with E-state index in [1.807, 2.05) is 0 Å². The highest BCUT2D eigenvalue weighted by Gasteiger charge is 2.33. The lowest BCUT2D eigenvalue weighted by Crippen LogP contribution is -2.35. The number of hydrogen-bond donors (Lipinski definition) is 1. The van der Waals surface area contributed by atoms with Crippen molar-refractivity contribution in [1.82, 2.24) is 5.32 Å². The van der Waals surface area contributed by atoms with Crippen LogP contribution in [0.25, 0.3) is 0 Å². The van der Waals surface area contributed by atoms with E-state index in [1.165, 1.54) is 12.1 Å². The van der Waals surface area contributed by atoms with Gasteiger partial charge in [0, 0.05) is 16.6 Å². The normalized spacial score (nSPS) is 19.5. The Morgan fingerprint density at radius 1 is 1.42 bits per heavy atom. The molecule has 0 spiro atoms. The van der Waals surface area contributed by atoms with Crippen molar-refractivity contribution in [3.05, 3.63) is 33.8 Å². The van der Waals surface area contributed by atoms with Crippen molar-refractivity contribution < 1.29 is 22.7 Å². The summed E-state index contributed by atoms with van der Waals surface area (Å²) in [6, 6.07) is 3.29. The Bertz CT molecular complexity index is 484. The van der Waals surface area contributed by atoms with Crippen molar-refractivity contribution in [3.8, 4) is 0 Å². The number of rotatable bonds is 2. The summed E-state index contributed by atoms with van der Waals surface area (Å²) in [6.45, 7) is 0.952. The Kier molecular flexibility index (Phi) is 4.15. The van der Waals surface area contributed by atoms with Crippen molar-refractivity contribution in [1.29, 1.82) is 0 Å². The van der Waals surface area contributed by atoms with Gasteiger partial charge >= 0.3 is 6.18 Å². The van der Waals surface area contributed by atoms with Crippen LogP contribution in [0.4, 0.5) is 13.2 Å². The molecule has 1 fully saturated rings. The first kappa shape index (κ1) is 14.3. The third kappa shape index (κ3) is 3.48. The van der Waals surface area contributed by atoms with Crippen LogP contribution in [-0.2, 0) is 10.9 Å². The van der Waals surface area contributed by atoms with Gasteiger partial charge < -0.3 is 10.1 Å². The number of ether oxygens (including phenoxy) is 1. The Morgan fingerprint density at radius 3 is 2.74 bits per heavy atom. The molecule has 0 bridgehead atoms. The number of benzene rings is 1. The summed E-state index contributed by atoms with van der Waals surface area (Å²) in [5, 5.41) is 2.65. The molecule has 1 amide bonds. The fourth-order valence-electron chi connectivity index (χ4n) is 1.80. The van der Waals surface area contributed by atoms with E-state index >= 15 is 0 Å². The third-order valence-electron chi connectivity index (χ3n) is 2.80. The average Bonchev–Trinajstić information content (AvgIpc) is 2.80. The molecule has 0 saturated carbocycles. The van der Waals surface area contributed by atoms with E-state index in [1.54, 1.807) is 0 Å². The second kappa shape index (κ2) is 5.50. The first-order chi connectivity index (χ1) is 8.88. The summed E-state index contributed by atoms with van der Waals surface area (Å²) >= 11 is 2.83. The van der Waals surface area contributed by atoms with Crippen LogP contribution >= 0.6 is 15.9 Å². The Labute approximate surface area is 116 Å². The highest BCUT2D eigenvalue weighted by Crippen LogP contribution is 2.35. The zero-order chi connectivity index (χ0) is 14.0.